The summed E-state index contributed by atoms with van der Waals surface area (Å²) >= 11 is 0. The second kappa shape index (κ2) is 37.8. The van der Waals surface area contributed by atoms with Crippen molar-refractivity contribution < 1.29 is 18.3 Å². The Morgan fingerprint density at radius 3 is 1.00 bits per heavy atom. The van der Waals surface area contributed by atoms with Crippen molar-refractivity contribution >= 4 is 0 Å². The Morgan fingerprint density at radius 1 is 0.696 bits per heavy atom. The minimum absolute atomic E-state index is 0. The van der Waals surface area contributed by atoms with Gasteiger partial charge in [-0.3, -0.25) is 0 Å². The number of hydrogen-bond acceptors (Lipinski definition) is 3. The lowest BCUT2D eigenvalue weighted by Gasteiger charge is -2.00. The molecule has 0 fully saturated rings. The molecule has 0 atom stereocenters. The molecule has 3 nitrogen and oxygen atoms in total. The van der Waals surface area contributed by atoms with E-state index in [0.717, 1.165) is 12.5 Å². The zero-order valence-electron chi connectivity index (χ0n) is 18.7. The highest BCUT2D eigenvalue weighted by Crippen LogP contribution is 1.83. The molecule has 0 bridgehead atoms. The van der Waals surface area contributed by atoms with Crippen LogP contribution in [0.2, 0.25) is 0 Å². The third kappa shape index (κ3) is 183. The van der Waals surface area contributed by atoms with Gasteiger partial charge >= 0.3 is 0 Å². The highest BCUT2D eigenvalue weighted by Gasteiger charge is 1.83. The van der Waals surface area contributed by atoms with Crippen LogP contribution in [0.4, 0.5) is 0 Å². The van der Waals surface area contributed by atoms with Crippen molar-refractivity contribution in [3.8, 4) is 0 Å². The fraction of sp³-hybridized carbons (Fsp3) is 1.00. The molecule has 0 aromatic carbocycles. The molecule has 3 heteroatoms. The Labute approximate surface area is 155 Å². The summed E-state index contributed by atoms with van der Waals surface area (Å²) in [5.41, 5.74) is 0. The van der Waals surface area contributed by atoms with Crippen LogP contribution in [-0.2, 0) is 14.2 Å². The number of hydrogen-bond donors (Lipinski definition) is 0. The molecule has 0 aliphatic heterocycles. The van der Waals surface area contributed by atoms with Gasteiger partial charge < -0.3 is 14.2 Å². The molecule has 0 N–H and O–H groups in total. The van der Waals surface area contributed by atoms with Crippen molar-refractivity contribution in [2.24, 2.45) is 5.92 Å². The van der Waals surface area contributed by atoms with E-state index >= 15 is 0 Å². The normalized spacial score (nSPS) is 10.8. The summed E-state index contributed by atoms with van der Waals surface area (Å²) in [4.78, 5) is 0. The van der Waals surface area contributed by atoms with Gasteiger partial charge in [-0.2, -0.15) is 0 Å². The van der Waals surface area contributed by atoms with Gasteiger partial charge in [-0.1, -0.05) is 43.1 Å². The van der Waals surface area contributed by atoms with Crippen LogP contribution in [-0.4, -0.2) is 39.1 Å². The molecule has 0 saturated heterocycles. The molecule has 152 valence electrons. The van der Waals surface area contributed by atoms with E-state index in [2.05, 4.69) is 25.5 Å². The van der Waals surface area contributed by atoms with Gasteiger partial charge in [0.25, 0.3) is 0 Å². The van der Waals surface area contributed by atoms with E-state index in [1.54, 1.807) is 21.0 Å². The van der Waals surface area contributed by atoms with E-state index < -0.39 is 7.04 Å². The van der Waals surface area contributed by atoms with E-state index in [1.165, 1.54) is 0 Å². The predicted molar refractivity (Wildman–Crippen MR) is 112 cm³/mol. The molecule has 0 radical (unpaired) electrons. The lowest BCUT2D eigenvalue weighted by atomic mass is 10.3. The fourth-order valence-electron chi connectivity index (χ4n) is 0.333. The summed E-state index contributed by atoms with van der Waals surface area (Å²) in [7, 11) is -0.529. The van der Waals surface area contributed by atoms with Crippen LogP contribution < -0.4 is 0 Å². The molecule has 0 aliphatic carbocycles. The molecule has 0 aromatic heterocycles. The topological polar surface area (TPSA) is 27.7 Å². The average molecular weight is 346 g/mol. The van der Waals surface area contributed by atoms with Crippen molar-refractivity contribution in [2.45, 2.75) is 110 Å². The van der Waals surface area contributed by atoms with Crippen LogP contribution in [0.1, 0.15) is 95.6 Å². The number of rotatable bonds is 4. The zero-order valence-corrected chi connectivity index (χ0v) is 15.7. The van der Waals surface area contributed by atoms with Crippen molar-refractivity contribution in [3.05, 3.63) is 0 Å². The van der Waals surface area contributed by atoms with Crippen LogP contribution in [0.5, 0.6) is 0 Å². The molecule has 0 aromatic rings. The smallest absolute Gasteiger partial charge is 0.0530 e. The van der Waals surface area contributed by atoms with Gasteiger partial charge in [-0.15, -0.1) is 0 Å². The zero-order chi connectivity index (χ0) is 19.6. The fourth-order valence-corrected chi connectivity index (χ4v) is 0.333. The van der Waals surface area contributed by atoms with Gasteiger partial charge in [0.15, 0.2) is 0 Å². The average Bonchev–Trinajstić information content (AvgIpc) is 2.25. The summed E-state index contributed by atoms with van der Waals surface area (Å²) in [5.74, 6) is 0.833. The summed E-state index contributed by atoms with van der Waals surface area (Å²) in [6, 6.07) is 0. The molecule has 0 heterocycles. The molecular weight excluding hydrogens is 288 g/mol. The van der Waals surface area contributed by atoms with Crippen molar-refractivity contribution in [1.82, 2.24) is 0 Å². The van der Waals surface area contributed by atoms with E-state index in [4.69, 9.17) is 13.6 Å². The molecule has 0 spiro atoms. The summed E-state index contributed by atoms with van der Waals surface area (Å²) in [6.07, 6.45) is 0.562. The maximum absolute atomic E-state index is 6.57. The van der Waals surface area contributed by atoms with Crippen LogP contribution in [0.25, 0.3) is 0 Å². The summed E-state index contributed by atoms with van der Waals surface area (Å²) < 4.78 is 33.9. The Balaban J connectivity index is -0.0000000367. The first kappa shape index (κ1) is 30.7. The SMILES string of the molecule is C.C.C.CC(C)C.CCOC(C)C.COC(C)C.[2H]C([2H])([2H])OC(C)C. The quantitative estimate of drug-likeness (QED) is 0.544. The third-order valence-corrected chi connectivity index (χ3v) is 1.21. The van der Waals surface area contributed by atoms with Gasteiger partial charge in [0.2, 0.25) is 0 Å². The predicted octanol–water partition coefficient (Wildman–Crippen LogP) is 7.08. The van der Waals surface area contributed by atoms with Gasteiger partial charge in [0.05, 0.1) is 22.4 Å². The third-order valence-electron chi connectivity index (χ3n) is 1.21. The Morgan fingerprint density at radius 2 is 1.00 bits per heavy atom. The van der Waals surface area contributed by atoms with Gasteiger partial charge in [0, 0.05) is 20.8 Å². The Hall–Kier alpha value is -0.120. The van der Waals surface area contributed by atoms with Crippen LogP contribution >= 0.6 is 0 Å². The maximum atomic E-state index is 6.57. The maximum Gasteiger partial charge on any atom is 0.0530 e. The van der Waals surface area contributed by atoms with Crippen molar-refractivity contribution in [2.75, 3.05) is 20.8 Å². The molecule has 0 aliphatic rings. The largest absolute Gasteiger partial charge is 0.382 e. The lowest BCUT2D eigenvalue weighted by molar-refractivity contribution is 0.0899. The minimum atomic E-state index is -2.23. The molecule has 0 saturated carbocycles. The van der Waals surface area contributed by atoms with E-state index in [1.807, 2.05) is 34.6 Å². The first-order chi connectivity index (χ1) is 10.2. The summed E-state index contributed by atoms with van der Waals surface area (Å²) in [5, 5.41) is 0. The van der Waals surface area contributed by atoms with Crippen LogP contribution in [0, 0.1) is 5.92 Å². The van der Waals surface area contributed by atoms with Gasteiger partial charge in [0.1, 0.15) is 0 Å². The second-order valence-corrected chi connectivity index (χ2v) is 5.69. The van der Waals surface area contributed by atoms with Crippen molar-refractivity contribution in [3.63, 3.8) is 0 Å². The molecule has 0 amide bonds. The lowest BCUT2D eigenvalue weighted by Crippen LogP contribution is -1.99. The van der Waals surface area contributed by atoms with E-state index in [-0.39, 0.29) is 28.4 Å². The molecule has 0 unspecified atom stereocenters. The standard InChI is InChI=1S/C5H12O.2C4H10O.C4H10.3CH4/c1-4-6-5(2)3;2*1-4(2)5-3;1-4(2)3;;;/h5H,4H2,1-3H3;2*4H,1-3H3;4H,1-3H3;3*1H4/i;3D3;;;;;. The summed E-state index contributed by atoms with van der Waals surface area (Å²) in [6.45, 7) is 20.8. The molecule has 0 rings (SSSR count). The highest BCUT2D eigenvalue weighted by molar-refractivity contribution is 4.30. The number of ether oxygens (including phenoxy) is 3. The first-order valence-electron chi connectivity index (χ1n) is 9.01. The number of methoxy groups -OCH3 is 2. The minimum Gasteiger partial charge on any atom is -0.382 e. The Kier molecular flexibility index (Phi) is 50.5. The van der Waals surface area contributed by atoms with Gasteiger partial charge in [-0.05, 0) is 54.4 Å². The first-order valence-corrected chi connectivity index (χ1v) is 7.51. The molecular formula is C20H54O3. The Bertz CT molecular complexity index is 202. The van der Waals surface area contributed by atoms with Crippen LogP contribution in [0.15, 0.2) is 0 Å². The van der Waals surface area contributed by atoms with Crippen LogP contribution in [0.3, 0.4) is 0 Å². The van der Waals surface area contributed by atoms with E-state index in [9.17, 15) is 0 Å². The second-order valence-electron chi connectivity index (χ2n) is 5.69. The van der Waals surface area contributed by atoms with Crippen molar-refractivity contribution in [1.29, 1.82) is 0 Å². The van der Waals surface area contributed by atoms with Gasteiger partial charge in [-0.25, -0.2) is 0 Å². The molecule has 23 heavy (non-hydrogen) atoms. The monoisotopic (exact) mass is 345 g/mol. The highest BCUT2D eigenvalue weighted by atomic mass is 16.5. The van der Waals surface area contributed by atoms with E-state index in [0.29, 0.717) is 12.2 Å².